The molecule has 0 aromatic heterocycles. The van der Waals surface area contributed by atoms with E-state index >= 15 is 0 Å². The monoisotopic (exact) mass is 559 g/mol. The number of methoxy groups -OCH3 is 2. The summed E-state index contributed by atoms with van der Waals surface area (Å²) in [5, 5.41) is 17.5. The van der Waals surface area contributed by atoms with Crippen LogP contribution in [0.3, 0.4) is 0 Å². The number of hydrogen-bond donors (Lipinski definition) is 2. The van der Waals surface area contributed by atoms with Gasteiger partial charge in [0.1, 0.15) is 0 Å². The lowest BCUT2D eigenvalue weighted by Gasteiger charge is -2.29. The molecule has 1 aliphatic rings. The fourth-order valence-electron chi connectivity index (χ4n) is 3.89. The summed E-state index contributed by atoms with van der Waals surface area (Å²) in [5.74, 6) is -2.33. The molecule has 0 bridgehead atoms. The van der Waals surface area contributed by atoms with Crippen LogP contribution in [0, 0.1) is 10.1 Å². The van der Waals surface area contributed by atoms with E-state index in [1.807, 2.05) is 0 Å². The van der Waals surface area contributed by atoms with Gasteiger partial charge in [0.25, 0.3) is 5.69 Å². The summed E-state index contributed by atoms with van der Waals surface area (Å²) in [6.07, 6.45) is -0.601. The van der Waals surface area contributed by atoms with Gasteiger partial charge in [-0.25, -0.2) is 14.4 Å². The number of nitro benzene ring substituents is 1. The van der Waals surface area contributed by atoms with Gasteiger partial charge >= 0.3 is 18.0 Å². The van der Waals surface area contributed by atoms with E-state index in [2.05, 4.69) is 10.6 Å². The molecule has 0 atom stereocenters. The van der Waals surface area contributed by atoms with Crippen LogP contribution in [0.15, 0.2) is 71.1 Å². The van der Waals surface area contributed by atoms with E-state index in [0.29, 0.717) is 22.1 Å². The first kappa shape index (κ1) is 30.8. The van der Waals surface area contributed by atoms with Gasteiger partial charge in [-0.3, -0.25) is 15.4 Å². The molecule has 3 rings (SSSR count). The van der Waals surface area contributed by atoms with Crippen LogP contribution in [0.5, 0.6) is 0 Å². The highest BCUT2D eigenvalue weighted by atomic mass is 35.5. The summed E-state index contributed by atoms with van der Waals surface area (Å²) in [7, 11) is 2.42. The Morgan fingerprint density at radius 1 is 0.974 bits per heavy atom. The van der Waals surface area contributed by atoms with Crippen molar-refractivity contribution >= 4 is 41.0 Å². The molecule has 0 fully saturated rings. The van der Waals surface area contributed by atoms with E-state index in [1.54, 1.807) is 58.0 Å². The Morgan fingerprint density at radius 2 is 1.54 bits per heavy atom. The van der Waals surface area contributed by atoms with Gasteiger partial charge in [0.2, 0.25) is 0 Å². The molecule has 0 saturated carbocycles. The molecule has 208 valence electrons. The smallest absolute Gasteiger partial charge is 0.411 e. The number of carbonyl (C=O) groups is 3. The van der Waals surface area contributed by atoms with Gasteiger partial charge in [0.05, 0.1) is 42.3 Å². The van der Waals surface area contributed by atoms with Crippen molar-refractivity contribution in [2.24, 2.45) is 0 Å². The second kappa shape index (κ2) is 14.0. The average Bonchev–Trinajstić information content (AvgIpc) is 2.87. The van der Waals surface area contributed by atoms with Crippen LogP contribution >= 0.6 is 11.6 Å². The number of ether oxygens (including phenoxy) is 3. The Bertz CT molecular complexity index is 1280. The van der Waals surface area contributed by atoms with Crippen LogP contribution in [-0.4, -0.2) is 43.3 Å². The molecule has 12 heteroatoms. The highest BCUT2D eigenvalue weighted by Gasteiger charge is 2.40. The van der Waals surface area contributed by atoms with Gasteiger partial charge in [-0.05, 0) is 45.9 Å². The van der Waals surface area contributed by atoms with E-state index in [9.17, 15) is 24.5 Å². The van der Waals surface area contributed by atoms with Crippen molar-refractivity contribution in [3.05, 3.63) is 91.8 Å². The summed E-state index contributed by atoms with van der Waals surface area (Å²) < 4.78 is 14.6. The maximum atomic E-state index is 12.3. The maximum Gasteiger partial charge on any atom is 0.411 e. The first-order valence-corrected chi connectivity index (χ1v) is 12.1. The normalized spacial score (nSPS) is 13.1. The zero-order chi connectivity index (χ0) is 29.3. The topological polar surface area (TPSA) is 146 Å². The number of dihydropyridines is 1. The SMILES string of the molecule is CC(C)OC(=O)Nc1cccc(Cl)c1.COC(=O)C1=C(C)NC(C)=C(C(=O)OC)C1c1ccccc1[N+](=O)[O-]. The molecule has 1 aliphatic heterocycles. The molecule has 2 aromatic carbocycles. The second-order valence-corrected chi connectivity index (χ2v) is 8.96. The minimum atomic E-state index is -0.970. The molecule has 0 unspecified atom stereocenters. The highest BCUT2D eigenvalue weighted by molar-refractivity contribution is 6.30. The van der Waals surface area contributed by atoms with Crippen LogP contribution in [-0.2, 0) is 23.8 Å². The minimum Gasteiger partial charge on any atom is -0.466 e. The number of anilines is 1. The average molecular weight is 560 g/mol. The number of nitrogens with zero attached hydrogens (tertiary/aromatic N) is 1. The van der Waals surface area contributed by atoms with Crippen molar-refractivity contribution in [2.75, 3.05) is 19.5 Å². The lowest BCUT2D eigenvalue weighted by atomic mass is 9.79. The molecule has 0 saturated heterocycles. The Hall–Kier alpha value is -4.38. The summed E-state index contributed by atoms with van der Waals surface area (Å²) in [6, 6.07) is 12.9. The third-order valence-corrected chi connectivity index (χ3v) is 5.66. The van der Waals surface area contributed by atoms with E-state index in [-0.39, 0.29) is 28.5 Å². The van der Waals surface area contributed by atoms with Gasteiger partial charge in [-0.1, -0.05) is 35.9 Å². The Morgan fingerprint density at radius 3 is 2.03 bits per heavy atom. The fraction of sp³-hybridized carbons (Fsp3) is 0.296. The van der Waals surface area contributed by atoms with Crippen molar-refractivity contribution in [3.63, 3.8) is 0 Å². The number of benzene rings is 2. The Balaban J connectivity index is 0.000000322. The summed E-state index contributed by atoms with van der Waals surface area (Å²) in [6.45, 7) is 6.87. The summed E-state index contributed by atoms with van der Waals surface area (Å²) in [5.41, 5.74) is 1.82. The number of hydrogen-bond acceptors (Lipinski definition) is 9. The van der Waals surface area contributed by atoms with Crippen LogP contribution < -0.4 is 10.6 Å². The standard InChI is InChI=1S/C17H18N2O6.C10H12ClNO2/c1-9-13(16(20)24-3)15(14(10(2)18-9)17(21)25-4)11-7-5-6-8-12(11)19(22)23;1-7(2)14-10(13)12-9-5-3-4-8(11)6-9/h5-8,15,18H,1-4H3;3-7H,1-2H3,(H,12,13). The largest absolute Gasteiger partial charge is 0.466 e. The van der Waals surface area contributed by atoms with E-state index in [0.717, 1.165) is 0 Å². The summed E-state index contributed by atoms with van der Waals surface area (Å²) >= 11 is 5.74. The second-order valence-electron chi connectivity index (χ2n) is 8.52. The van der Waals surface area contributed by atoms with Crippen molar-refractivity contribution in [1.29, 1.82) is 0 Å². The number of allylic oxidation sites excluding steroid dienone is 2. The van der Waals surface area contributed by atoms with Crippen molar-refractivity contribution in [3.8, 4) is 0 Å². The van der Waals surface area contributed by atoms with E-state index in [1.165, 1.54) is 32.4 Å². The molecule has 0 aliphatic carbocycles. The molecule has 1 amide bonds. The molecule has 1 heterocycles. The molecular formula is C27H30ClN3O8. The quantitative estimate of drug-likeness (QED) is 0.203. The van der Waals surface area contributed by atoms with Gasteiger partial charge < -0.3 is 19.5 Å². The Labute approximate surface area is 230 Å². The lowest BCUT2D eigenvalue weighted by Crippen LogP contribution is -2.32. The molecular weight excluding hydrogens is 530 g/mol. The predicted octanol–water partition coefficient (Wildman–Crippen LogP) is 5.47. The van der Waals surface area contributed by atoms with Crippen LogP contribution in [0.4, 0.5) is 16.2 Å². The molecule has 0 spiro atoms. The van der Waals surface area contributed by atoms with Gasteiger partial charge in [-0.2, -0.15) is 0 Å². The maximum absolute atomic E-state index is 12.3. The minimum absolute atomic E-state index is 0.128. The predicted molar refractivity (Wildman–Crippen MR) is 145 cm³/mol. The number of nitro groups is 1. The summed E-state index contributed by atoms with van der Waals surface area (Å²) in [4.78, 5) is 46.7. The fourth-order valence-corrected chi connectivity index (χ4v) is 4.08. The number of nitrogens with one attached hydrogen (secondary N) is 2. The van der Waals surface area contributed by atoms with Crippen molar-refractivity contribution in [2.45, 2.75) is 39.7 Å². The number of halogens is 1. The van der Waals surface area contributed by atoms with Gasteiger partial charge in [0, 0.05) is 33.7 Å². The number of esters is 2. The molecule has 39 heavy (non-hydrogen) atoms. The third kappa shape index (κ3) is 8.05. The number of amides is 1. The molecule has 0 radical (unpaired) electrons. The molecule has 11 nitrogen and oxygen atoms in total. The Kier molecular flexibility index (Phi) is 11.0. The number of para-hydroxylation sites is 1. The van der Waals surface area contributed by atoms with Crippen molar-refractivity contribution in [1.82, 2.24) is 5.32 Å². The van der Waals surface area contributed by atoms with Crippen LogP contribution in [0.1, 0.15) is 39.2 Å². The van der Waals surface area contributed by atoms with Gasteiger partial charge in [0.15, 0.2) is 0 Å². The zero-order valence-corrected chi connectivity index (χ0v) is 23.1. The van der Waals surface area contributed by atoms with E-state index in [4.69, 9.17) is 25.8 Å². The third-order valence-electron chi connectivity index (χ3n) is 5.43. The van der Waals surface area contributed by atoms with Crippen molar-refractivity contribution < 1.29 is 33.5 Å². The molecule has 2 aromatic rings. The number of rotatable bonds is 6. The van der Waals surface area contributed by atoms with Crippen LogP contribution in [0.2, 0.25) is 5.02 Å². The molecule has 2 N–H and O–H groups in total. The first-order chi connectivity index (χ1) is 18.4. The lowest BCUT2D eigenvalue weighted by molar-refractivity contribution is -0.385. The number of carbonyl (C=O) groups excluding carboxylic acids is 3. The van der Waals surface area contributed by atoms with Gasteiger partial charge in [-0.15, -0.1) is 0 Å². The first-order valence-electron chi connectivity index (χ1n) is 11.7. The zero-order valence-electron chi connectivity index (χ0n) is 22.4. The highest BCUT2D eigenvalue weighted by Crippen LogP contribution is 2.42. The van der Waals surface area contributed by atoms with Crippen LogP contribution in [0.25, 0.3) is 0 Å². The van der Waals surface area contributed by atoms with E-state index < -0.39 is 28.9 Å².